The lowest BCUT2D eigenvalue weighted by Crippen LogP contribution is -2.43. The van der Waals surface area contributed by atoms with Gasteiger partial charge in [0, 0.05) is 17.3 Å². The van der Waals surface area contributed by atoms with Gasteiger partial charge in [0.2, 0.25) is 11.8 Å². The first-order valence-electron chi connectivity index (χ1n) is 11.5. The van der Waals surface area contributed by atoms with E-state index in [0.29, 0.717) is 24.3 Å². The molecule has 1 aromatic carbocycles. The molecule has 0 saturated carbocycles. The highest BCUT2D eigenvalue weighted by molar-refractivity contribution is 5.81. The van der Waals surface area contributed by atoms with Gasteiger partial charge < -0.3 is 20.1 Å². The molecule has 0 amide bonds. The van der Waals surface area contributed by atoms with Gasteiger partial charge in [-0.3, -0.25) is 15.1 Å². The molecule has 190 valence electrons. The molecule has 36 heavy (non-hydrogen) atoms. The van der Waals surface area contributed by atoms with Gasteiger partial charge in [-0.1, -0.05) is 43.7 Å². The van der Waals surface area contributed by atoms with E-state index in [2.05, 4.69) is 15.0 Å². The monoisotopic (exact) mass is 494 g/mol. The Kier molecular flexibility index (Phi) is 8.71. The van der Waals surface area contributed by atoms with Crippen LogP contribution in [0.2, 0.25) is 0 Å². The lowest BCUT2D eigenvalue weighted by molar-refractivity contribution is -0.384. The van der Waals surface area contributed by atoms with Crippen molar-refractivity contribution in [3.8, 4) is 5.75 Å². The number of aryl methyl sites for hydroxylation is 1. The van der Waals surface area contributed by atoms with Gasteiger partial charge >= 0.3 is 11.7 Å². The molecule has 0 saturated heterocycles. The lowest BCUT2D eigenvalue weighted by Gasteiger charge is -2.31. The predicted molar refractivity (Wildman–Crippen MR) is 134 cm³/mol. The molecule has 0 spiro atoms. The highest BCUT2D eigenvalue weighted by Crippen LogP contribution is 2.32. The highest BCUT2D eigenvalue weighted by Gasteiger charge is 2.34. The average Bonchev–Trinajstić information content (AvgIpc) is 2.86. The number of esters is 1. The van der Waals surface area contributed by atoms with E-state index < -0.39 is 16.9 Å². The fourth-order valence-corrected chi connectivity index (χ4v) is 3.94. The Hall–Kier alpha value is -4.28. The number of carbonyl (C=O) groups is 1. The molecular formula is C25H30N6O5. The Morgan fingerprint density at radius 2 is 1.92 bits per heavy atom. The number of ether oxygens (including phenoxy) is 2. The molecule has 1 atom stereocenters. The standard InChI is InChI=1S/C25H30N6O5/c1-5-9-20(24(32)36-15-18-10-7-6-8-11-18)30(23-21(31(33)34)13-28-25(26)29-23)14-19-17(3)22(35-4)16(2)12-27-19/h6-8,10-13,20H,5,9,14-15H2,1-4H3,(H2,26,28,29)/t20-/m1/s1. The number of carbonyl (C=O) groups excluding carboxylic acids is 1. The van der Waals surface area contributed by atoms with Gasteiger partial charge in [0.1, 0.15) is 24.6 Å². The van der Waals surface area contributed by atoms with E-state index in [0.717, 1.165) is 22.9 Å². The van der Waals surface area contributed by atoms with Crippen molar-refractivity contribution in [2.45, 2.75) is 52.8 Å². The van der Waals surface area contributed by atoms with E-state index in [4.69, 9.17) is 15.2 Å². The summed E-state index contributed by atoms with van der Waals surface area (Å²) >= 11 is 0. The molecule has 0 unspecified atom stereocenters. The third-order valence-corrected chi connectivity index (χ3v) is 5.74. The van der Waals surface area contributed by atoms with Crippen LogP contribution in [0.5, 0.6) is 5.75 Å². The number of rotatable bonds is 11. The summed E-state index contributed by atoms with van der Waals surface area (Å²) in [6.45, 7) is 5.73. The normalized spacial score (nSPS) is 11.6. The second-order valence-corrected chi connectivity index (χ2v) is 8.27. The summed E-state index contributed by atoms with van der Waals surface area (Å²) in [6.07, 6.45) is 3.67. The molecule has 2 heterocycles. The van der Waals surface area contributed by atoms with Gasteiger partial charge in [-0.05, 0) is 25.8 Å². The van der Waals surface area contributed by atoms with E-state index in [1.807, 2.05) is 51.1 Å². The number of anilines is 2. The minimum Gasteiger partial charge on any atom is -0.496 e. The smallest absolute Gasteiger partial charge is 0.329 e. The van der Waals surface area contributed by atoms with Crippen LogP contribution in [0.3, 0.4) is 0 Å². The van der Waals surface area contributed by atoms with Crippen molar-refractivity contribution in [2.75, 3.05) is 17.7 Å². The maximum absolute atomic E-state index is 13.4. The van der Waals surface area contributed by atoms with E-state index in [1.165, 1.54) is 4.90 Å². The van der Waals surface area contributed by atoms with Gasteiger partial charge in [-0.25, -0.2) is 9.78 Å². The fourth-order valence-electron chi connectivity index (χ4n) is 3.94. The number of hydrogen-bond acceptors (Lipinski definition) is 10. The summed E-state index contributed by atoms with van der Waals surface area (Å²) in [5.41, 5.74) is 8.43. The minimum absolute atomic E-state index is 0.0326. The molecule has 11 nitrogen and oxygen atoms in total. The van der Waals surface area contributed by atoms with Crippen LogP contribution in [0, 0.1) is 24.0 Å². The van der Waals surface area contributed by atoms with Crippen LogP contribution in [0.25, 0.3) is 0 Å². The number of nitrogens with zero attached hydrogens (tertiary/aromatic N) is 5. The quantitative estimate of drug-likeness (QED) is 0.236. The number of pyridine rings is 1. The number of nitro groups is 1. The predicted octanol–water partition coefficient (Wildman–Crippen LogP) is 3.91. The van der Waals surface area contributed by atoms with E-state index in [9.17, 15) is 14.9 Å². The van der Waals surface area contributed by atoms with Crippen LogP contribution in [0.4, 0.5) is 17.5 Å². The van der Waals surface area contributed by atoms with Crippen molar-refractivity contribution in [3.05, 3.63) is 75.2 Å². The first-order chi connectivity index (χ1) is 17.3. The van der Waals surface area contributed by atoms with Crippen molar-refractivity contribution >= 4 is 23.4 Å². The van der Waals surface area contributed by atoms with Crippen LogP contribution in [-0.4, -0.2) is 39.0 Å². The van der Waals surface area contributed by atoms with Gasteiger partial charge in [0.05, 0.1) is 24.3 Å². The lowest BCUT2D eigenvalue weighted by atomic mass is 10.1. The second kappa shape index (κ2) is 11.9. The molecule has 0 aliphatic carbocycles. The average molecular weight is 495 g/mol. The van der Waals surface area contributed by atoms with Crippen LogP contribution in [0.15, 0.2) is 42.7 Å². The molecule has 3 aromatic rings. The van der Waals surface area contributed by atoms with Crippen molar-refractivity contribution in [3.63, 3.8) is 0 Å². The first-order valence-corrected chi connectivity index (χ1v) is 11.5. The molecule has 0 aliphatic heterocycles. The summed E-state index contributed by atoms with van der Waals surface area (Å²) in [4.78, 5) is 38.7. The number of aromatic nitrogens is 3. The Labute approximate surface area is 209 Å². The molecule has 0 fully saturated rings. The molecule has 3 rings (SSSR count). The zero-order valence-electron chi connectivity index (χ0n) is 20.8. The van der Waals surface area contributed by atoms with Crippen molar-refractivity contribution in [2.24, 2.45) is 0 Å². The van der Waals surface area contributed by atoms with Crippen molar-refractivity contribution < 1.29 is 19.2 Å². The zero-order chi connectivity index (χ0) is 26.2. The van der Waals surface area contributed by atoms with Gasteiger partial charge in [-0.15, -0.1) is 0 Å². The number of nitrogen functional groups attached to an aromatic ring is 1. The Bertz CT molecular complexity index is 1220. The topological polar surface area (TPSA) is 147 Å². The molecule has 0 bridgehead atoms. The minimum atomic E-state index is -0.889. The fraction of sp³-hybridized carbons (Fsp3) is 0.360. The Morgan fingerprint density at radius 3 is 2.56 bits per heavy atom. The molecule has 0 radical (unpaired) electrons. The molecule has 2 aromatic heterocycles. The van der Waals surface area contributed by atoms with E-state index in [1.54, 1.807) is 13.3 Å². The third-order valence-electron chi connectivity index (χ3n) is 5.74. The maximum atomic E-state index is 13.4. The van der Waals surface area contributed by atoms with E-state index in [-0.39, 0.29) is 30.6 Å². The molecule has 2 N–H and O–H groups in total. The van der Waals surface area contributed by atoms with Crippen molar-refractivity contribution in [1.82, 2.24) is 15.0 Å². The van der Waals surface area contributed by atoms with E-state index >= 15 is 0 Å². The molecular weight excluding hydrogens is 464 g/mol. The summed E-state index contributed by atoms with van der Waals surface area (Å²) in [6, 6.07) is 8.39. The van der Waals surface area contributed by atoms with Crippen LogP contribution in [0.1, 0.15) is 42.1 Å². The number of nitrogens with two attached hydrogens (primary N) is 1. The van der Waals surface area contributed by atoms with Gasteiger partial charge in [-0.2, -0.15) is 4.98 Å². The second-order valence-electron chi connectivity index (χ2n) is 8.27. The summed E-state index contributed by atoms with van der Waals surface area (Å²) < 4.78 is 11.2. The highest BCUT2D eigenvalue weighted by atomic mass is 16.6. The van der Waals surface area contributed by atoms with Gasteiger partial charge in [0.15, 0.2) is 0 Å². The first kappa shape index (κ1) is 26.3. The molecule has 11 heteroatoms. The summed E-state index contributed by atoms with van der Waals surface area (Å²) in [5, 5.41) is 11.9. The number of hydrogen-bond donors (Lipinski definition) is 1. The summed E-state index contributed by atoms with van der Waals surface area (Å²) in [7, 11) is 1.56. The zero-order valence-corrected chi connectivity index (χ0v) is 20.8. The molecule has 0 aliphatic rings. The number of methoxy groups -OCH3 is 1. The van der Waals surface area contributed by atoms with Crippen LogP contribution >= 0.6 is 0 Å². The maximum Gasteiger partial charge on any atom is 0.329 e. The SMILES string of the molecule is CCC[C@H](C(=O)OCc1ccccc1)N(Cc1ncc(C)c(OC)c1C)c1nc(N)ncc1[N+](=O)[O-]. The Morgan fingerprint density at radius 1 is 1.19 bits per heavy atom. The summed E-state index contributed by atoms with van der Waals surface area (Å²) in [5.74, 6) is -0.123. The Balaban J connectivity index is 2.07. The third kappa shape index (κ3) is 6.04. The van der Waals surface area contributed by atoms with Crippen LogP contribution in [-0.2, 0) is 22.7 Å². The van der Waals surface area contributed by atoms with Crippen molar-refractivity contribution in [1.29, 1.82) is 0 Å². The number of benzene rings is 1. The van der Waals surface area contributed by atoms with Gasteiger partial charge in [0.25, 0.3) is 0 Å². The largest absolute Gasteiger partial charge is 0.496 e. The van der Waals surface area contributed by atoms with Crippen LogP contribution < -0.4 is 15.4 Å².